The Balaban J connectivity index is 1.61. The van der Waals surface area contributed by atoms with Gasteiger partial charge < -0.3 is 10.0 Å². The molecule has 114 valence electrons. The van der Waals surface area contributed by atoms with Gasteiger partial charge in [0.15, 0.2) is 0 Å². The van der Waals surface area contributed by atoms with E-state index in [1.165, 1.54) is 0 Å². The van der Waals surface area contributed by atoms with Gasteiger partial charge in [-0.3, -0.25) is 9.69 Å². The summed E-state index contributed by atoms with van der Waals surface area (Å²) in [7, 11) is 0. The number of piperazine rings is 1. The van der Waals surface area contributed by atoms with E-state index in [4.69, 9.17) is 11.6 Å². The largest absolute Gasteiger partial charge is 0.391 e. The first-order valence-electron chi connectivity index (χ1n) is 7.63. The lowest BCUT2D eigenvalue weighted by Crippen LogP contribution is -2.53. The average molecular weight is 309 g/mol. The highest BCUT2D eigenvalue weighted by atomic mass is 35.5. The van der Waals surface area contributed by atoms with Crippen LogP contribution in [-0.4, -0.2) is 59.1 Å². The summed E-state index contributed by atoms with van der Waals surface area (Å²) < 4.78 is 0. The van der Waals surface area contributed by atoms with E-state index in [0.717, 1.165) is 32.4 Å². The van der Waals surface area contributed by atoms with Crippen molar-refractivity contribution in [1.29, 1.82) is 0 Å². The standard InChI is InChI=1S/C16H21ClN2O2/c17-13-5-2-1-4-12(13)16(21)19-10-8-18(9-11-19)14-6-3-7-15(14)20/h1-2,4-5,14-15,20H,3,6-11H2/t14-,15-/m0/s1. The first-order chi connectivity index (χ1) is 10.2. The van der Waals surface area contributed by atoms with E-state index in [2.05, 4.69) is 4.90 Å². The molecule has 0 radical (unpaired) electrons. The van der Waals surface area contributed by atoms with Crippen molar-refractivity contribution in [2.24, 2.45) is 0 Å². The number of benzene rings is 1. The van der Waals surface area contributed by atoms with Gasteiger partial charge in [0.2, 0.25) is 0 Å². The second-order valence-corrected chi connectivity index (χ2v) is 6.28. The van der Waals surface area contributed by atoms with Crippen LogP contribution in [0, 0.1) is 0 Å². The Hall–Kier alpha value is -1.10. The van der Waals surface area contributed by atoms with Crippen LogP contribution in [0.3, 0.4) is 0 Å². The predicted molar refractivity (Wildman–Crippen MR) is 82.6 cm³/mol. The fourth-order valence-electron chi connectivity index (χ4n) is 3.41. The van der Waals surface area contributed by atoms with Gasteiger partial charge in [0, 0.05) is 32.2 Å². The van der Waals surface area contributed by atoms with Crippen LogP contribution in [0.25, 0.3) is 0 Å². The maximum Gasteiger partial charge on any atom is 0.255 e. The molecular weight excluding hydrogens is 288 g/mol. The van der Waals surface area contributed by atoms with E-state index in [1.54, 1.807) is 12.1 Å². The lowest BCUT2D eigenvalue weighted by molar-refractivity contribution is 0.0316. The second-order valence-electron chi connectivity index (χ2n) is 5.87. The van der Waals surface area contributed by atoms with Gasteiger partial charge in [0.05, 0.1) is 16.7 Å². The maximum absolute atomic E-state index is 12.5. The number of carbonyl (C=O) groups excluding carboxylic acids is 1. The van der Waals surface area contributed by atoms with E-state index >= 15 is 0 Å². The van der Waals surface area contributed by atoms with Gasteiger partial charge in [0.25, 0.3) is 5.91 Å². The van der Waals surface area contributed by atoms with Gasteiger partial charge >= 0.3 is 0 Å². The summed E-state index contributed by atoms with van der Waals surface area (Å²) in [6.45, 7) is 3.07. The van der Waals surface area contributed by atoms with Crippen molar-refractivity contribution in [2.45, 2.75) is 31.4 Å². The van der Waals surface area contributed by atoms with Crippen molar-refractivity contribution < 1.29 is 9.90 Å². The van der Waals surface area contributed by atoms with Crippen LogP contribution in [0.5, 0.6) is 0 Å². The first kappa shape index (κ1) is 14.8. The SMILES string of the molecule is O=C(c1ccccc1Cl)N1CCN([C@H]2CCC[C@@H]2O)CC1. The Labute approximate surface area is 130 Å². The van der Waals surface area contributed by atoms with Crippen molar-refractivity contribution in [1.82, 2.24) is 9.80 Å². The minimum atomic E-state index is -0.198. The molecule has 1 aliphatic carbocycles. The molecule has 2 fully saturated rings. The molecule has 3 rings (SSSR count). The van der Waals surface area contributed by atoms with E-state index < -0.39 is 0 Å². The van der Waals surface area contributed by atoms with E-state index in [0.29, 0.717) is 23.7 Å². The summed E-state index contributed by atoms with van der Waals surface area (Å²) in [4.78, 5) is 16.7. The van der Waals surface area contributed by atoms with Crippen molar-refractivity contribution >= 4 is 17.5 Å². The third kappa shape index (κ3) is 3.07. The Bertz CT molecular complexity index is 515. The second kappa shape index (κ2) is 6.34. The predicted octanol–water partition coefficient (Wildman–Crippen LogP) is 2.01. The van der Waals surface area contributed by atoms with Crippen LogP contribution in [0.2, 0.25) is 5.02 Å². The Morgan fingerprint density at radius 3 is 2.48 bits per heavy atom. The normalized spacial score (nSPS) is 27.0. The van der Waals surface area contributed by atoms with Crippen molar-refractivity contribution in [3.05, 3.63) is 34.9 Å². The van der Waals surface area contributed by atoms with E-state index in [-0.39, 0.29) is 18.1 Å². The quantitative estimate of drug-likeness (QED) is 0.909. The van der Waals surface area contributed by atoms with Crippen LogP contribution < -0.4 is 0 Å². The number of hydrogen-bond donors (Lipinski definition) is 1. The molecule has 5 heteroatoms. The third-order valence-electron chi connectivity index (χ3n) is 4.62. The monoisotopic (exact) mass is 308 g/mol. The molecule has 1 aromatic carbocycles. The number of hydrogen-bond acceptors (Lipinski definition) is 3. The van der Waals surface area contributed by atoms with Crippen molar-refractivity contribution in [2.75, 3.05) is 26.2 Å². The van der Waals surface area contributed by atoms with Gasteiger partial charge in [0.1, 0.15) is 0 Å². The summed E-state index contributed by atoms with van der Waals surface area (Å²) >= 11 is 6.10. The van der Waals surface area contributed by atoms with Gasteiger partial charge in [-0.2, -0.15) is 0 Å². The fraction of sp³-hybridized carbons (Fsp3) is 0.562. The maximum atomic E-state index is 12.5. The summed E-state index contributed by atoms with van der Waals surface area (Å²) in [6, 6.07) is 7.48. The molecular formula is C16H21ClN2O2. The highest BCUT2D eigenvalue weighted by Crippen LogP contribution is 2.25. The molecule has 1 saturated heterocycles. The zero-order valence-electron chi connectivity index (χ0n) is 12.0. The van der Waals surface area contributed by atoms with Gasteiger partial charge in [-0.15, -0.1) is 0 Å². The first-order valence-corrected chi connectivity index (χ1v) is 8.00. The van der Waals surface area contributed by atoms with Crippen molar-refractivity contribution in [3.8, 4) is 0 Å². The summed E-state index contributed by atoms with van der Waals surface area (Å²) in [5.74, 6) is 0.00669. The van der Waals surface area contributed by atoms with E-state index in [1.807, 2.05) is 17.0 Å². The zero-order valence-corrected chi connectivity index (χ0v) is 12.8. The highest BCUT2D eigenvalue weighted by molar-refractivity contribution is 6.33. The lowest BCUT2D eigenvalue weighted by Gasteiger charge is -2.39. The average Bonchev–Trinajstić information content (AvgIpc) is 2.93. The lowest BCUT2D eigenvalue weighted by atomic mass is 10.1. The topological polar surface area (TPSA) is 43.8 Å². The number of halogens is 1. The molecule has 1 saturated carbocycles. The number of aliphatic hydroxyl groups excluding tert-OH is 1. The van der Waals surface area contributed by atoms with Gasteiger partial charge in [-0.25, -0.2) is 0 Å². The minimum Gasteiger partial charge on any atom is -0.391 e. The van der Waals surface area contributed by atoms with Crippen LogP contribution in [0.4, 0.5) is 0 Å². The van der Waals surface area contributed by atoms with Crippen LogP contribution in [0.15, 0.2) is 24.3 Å². The van der Waals surface area contributed by atoms with E-state index in [9.17, 15) is 9.90 Å². The molecule has 1 heterocycles. The molecule has 1 aromatic rings. The minimum absolute atomic E-state index is 0.00669. The van der Waals surface area contributed by atoms with Gasteiger partial charge in [-0.1, -0.05) is 23.7 Å². The molecule has 1 amide bonds. The summed E-state index contributed by atoms with van der Waals surface area (Å²) in [6.07, 6.45) is 2.88. The molecule has 0 spiro atoms. The molecule has 1 aliphatic heterocycles. The Morgan fingerprint density at radius 1 is 1.14 bits per heavy atom. The summed E-state index contributed by atoms with van der Waals surface area (Å²) in [5.41, 5.74) is 0.577. The summed E-state index contributed by atoms with van der Waals surface area (Å²) in [5, 5.41) is 10.5. The molecule has 0 bridgehead atoms. The fourth-order valence-corrected chi connectivity index (χ4v) is 3.63. The number of carbonyl (C=O) groups is 1. The number of nitrogens with zero attached hydrogens (tertiary/aromatic N) is 2. The number of aliphatic hydroxyl groups is 1. The van der Waals surface area contributed by atoms with Crippen LogP contribution in [0.1, 0.15) is 29.6 Å². The van der Waals surface area contributed by atoms with Crippen LogP contribution in [-0.2, 0) is 0 Å². The molecule has 21 heavy (non-hydrogen) atoms. The molecule has 4 nitrogen and oxygen atoms in total. The van der Waals surface area contributed by atoms with Crippen LogP contribution >= 0.6 is 11.6 Å². The molecule has 2 aliphatic rings. The number of rotatable bonds is 2. The Morgan fingerprint density at radius 2 is 1.86 bits per heavy atom. The zero-order chi connectivity index (χ0) is 14.8. The molecule has 1 N–H and O–H groups in total. The third-order valence-corrected chi connectivity index (χ3v) is 4.95. The Kier molecular flexibility index (Phi) is 4.48. The van der Waals surface area contributed by atoms with Gasteiger partial charge in [-0.05, 0) is 31.4 Å². The number of amides is 1. The molecule has 2 atom stereocenters. The smallest absolute Gasteiger partial charge is 0.255 e. The van der Waals surface area contributed by atoms with Crippen molar-refractivity contribution in [3.63, 3.8) is 0 Å². The molecule has 0 unspecified atom stereocenters. The highest BCUT2D eigenvalue weighted by Gasteiger charge is 2.33. The molecule has 0 aromatic heterocycles.